The van der Waals surface area contributed by atoms with Crippen LogP contribution in [0.15, 0.2) is 12.1 Å². The minimum Gasteiger partial charge on any atom is -0.398 e. The summed E-state index contributed by atoms with van der Waals surface area (Å²) in [6, 6.07) is 3.13. The highest BCUT2D eigenvalue weighted by Crippen LogP contribution is 2.22. The Kier molecular flexibility index (Phi) is 4.44. The van der Waals surface area contributed by atoms with Gasteiger partial charge in [-0.05, 0) is 38.0 Å². The number of aryl methyl sites for hydroxylation is 2. The number of alkyl halides is 3. The number of carbonyl (C=O) groups is 1. The predicted molar refractivity (Wildman–Crippen MR) is 68.0 cm³/mol. The Morgan fingerprint density at radius 3 is 2.32 bits per heavy atom. The van der Waals surface area contributed by atoms with Crippen molar-refractivity contribution in [2.75, 3.05) is 18.8 Å². The van der Waals surface area contributed by atoms with Gasteiger partial charge in [-0.15, -0.1) is 0 Å². The molecule has 0 spiro atoms. The lowest BCUT2D eigenvalue weighted by molar-refractivity contribution is -0.140. The van der Waals surface area contributed by atoms with E-state index in [2.05, 4.69) is 0 Å². The zero-order chi connectivity index (χ0) is 14.8. The van der Waals surface area contributed by atoms with E-state index in [1.807, 2.05) is 0 Å². The molecule has 1 amide bonds. The van der Waals surface area contributed by atoms with Crippen LogP contribution in [0.3, 0.4) is 0 Å². The molecule has 1 aromatic carbocycles. The second-order valence-electron chi connectivity index (χ2n) is 4.46. The molecule has 106 valence electrons. The van der Waals surface area contributed by atoms with Gasteiger partial charge in [0.1, 0.15) is 6.54 Å². The van der Waals surface area contributed by atoms with Crippen molar-refractivity contribution in [3.63, 3.8) is 0 Å². The zero-order valence-electron chi connectivity index (χ0n) is 11.1. The molecule has 0 radical (unpaired) electrons. The maximum Gasteiger partial charge on any atom is 0.406 e. The number of nitrogens with two attached hydrogens (primary N) is 1. The number of nitrogens with zero attached hydrogens (tertiary/aromatic N) is 1. The number of nitrogen functional groups attached to an aromatic ring is 1. The number of carbonyl (C=O) groups excluding carboxylic acids is 1. The van der Waals surface area contributed by atoms with E-state index >= 15 is 0 Å². The molecule has 2 N–H and O–H groups in total. The Bertz CT molecular complexity index is 484. The second-order valence-corrected chi connectivity index (χ2v) is 4.46. The minimum atomic E-state index is -4.41. The molecule has 0 aromatic heterocycles. The van der Waals surface area contributed by atoms with Gasteiger partial charge in [-0.2, -0.15) is 13.2 Å². The fourth-order valence-corrected chi connectivity index (χ4v) is 1.81. The number of benzene rings is 1. The summed E-state index contributed by atoms with van der Waals surface area (Å²) in [4.78, 5) is 12.9. The summed E-state index contributed by atoms with van der Waals surface area (Å²) in [5.41, 5.74) is 7.74. The summed E-state index contributed by atoms with van der Waals surface area (Å²) in [5.74, 6) is -0.649. The normalized spacial score (nSPS) is 11.5. The molecule has 6 heteroatoms. The van der Waals surface area contributed by atoms with Gasteiger partial charge in [-0.3, -0.25) is 4.79 Å². The summed E-state index contributed by atoms with van der Waals surface area (Å²) in [7, 11) is 0. The van der Waals surface area contributed by atoms with Crippen LogP contribution < -0.4 is 5.73 Å². The van der Waals surface area contributed by atoms with Gasteiger partial charge in [0.15, 0.2) is 0 Å². The first-order valence-corrected chi connectivity index (χ1v) is 5.88. The van der Waals surface area contributed by atoms with Gasteiger partial charge in [0.05, 0.1) is 0 Å². The maximum absolute atomic E-state index is 12.4. The Morgan fingerprint density at radius 2 is 1.84 bits per heavy atom. The van der Waals surface area contributed by atoms with Crippen molar-refractivity contribution in [3.05, 3.63) is 28.8 Å². The van der Waals surface area contributed by atoms with Crippen molar-refractivity contribution in [3.8, 4) is 0 Å². The van der Waals surface area contributed by atoms with Crippen LogP contribution in [0.1, 0.15) is 28.4 Å². The quantitative estimate of drug-likeness (QED) is 0.861. The highest BCUT2D eigenvalue weighted by Gasteiger charge is 2.33. The second kappa shape index (κ2) is 5.50. The lowest BCUT2D eigenvalue weighted by atomic mass is 10.0. The molecule has 3 nitrogen and oxygen atoms in total. The van der Waals surface area contributed by atoms with Crippen molar-refractivity contribution < 1.29 is 18.0 Å². The van der Waals surface area contributed by atoms with Gasteiger partial charge in [0.2, 0.25) is 0 Å². The van der Waals surface area contributed by atoms with Crippen LogP contribution >= 0.6 is 0 Å². The van der Waals surface area contributed by atoms with Crippen molar-refractivity contribution in [1.29, 1.82) is 0 Å². The monoisotopic (exact) mass is 274 g/mol. The smallest absolute Gasteiger partial charge is 0.398 e. The fraction of sp³-hybridized carbons (Fsp3) is 0.462. The van der Waals surface area contributed by atoms with E-state index in [4.69, 9.17) is 5.73 Å². The topological polar surface area (TPSA) is 46.3 Å². The van der Waals surface area contributed by atoms with Gasteiger partial charge in [-0.1, -0.05) is 6.07 Å². The van der Waals surface area contributed by atoms with E-state index in [0.717, 1.165) is 10.5 Å². The SMILES string of the molecule is CCN(CC(F)(F)F)C(=O)c1cc(N)c(C)cc1C. The molecule has 19 heavy (non-hydrogen) atoms. The predicted octanol–water partition coefficient (Wildman–Crippen LogP) is 2.91. The Hall–Kier alpha value is -1.72. The third-order valence-corrected chi connectivity index (χ3v) is 2.88. The van der Waals surface area contributed by atoms with Crippen molar-refractivity contribution in [2.24, 2.45) is 0 Å². The third-order valence-electron chi connectivity index (χ3n) is 2.88. The molecule has 0 unspecified atom stereocenters. The average Bonchev–Trinajstić information content (AvgIpc) is 2.28. The largest absolute Gasteiger partial charge is 0.406 e. The highest BCUT2D eigenvalue weighted by atomic mass is 19.4. The van der Waals surface area contributed by atoms with Crippen LogP contribution in [0, 0.1) is 13.8 Å². The van der Waals surface area contributed by atoms with E-state index in [-0.39, 0.29) is 12.1 Å². The molecule has 0 fully saturated rings. The Labute approximate surface area is 110 Å². The lowest BCUT2D eigenvalue weighted by Crippen LogP contribution is -2.39. The number of amides is 1. The molecule has 1 rings (SSSR count). The third kappa shape index (κ3) is 3.87. The molecular formula is C13H17F3N2O. The van der Waals surface area contributed by atoms with Crippen molar-refractivity contribution in [1.82, 2.24) is 4.90 Å². The number of hydrogen-bond acceptors (Lipinski definition) is 2. The first kappa shape index (κ1) is 15.3. The standard InChI is InChI=1S/C13H17F3N2O/c1-4-18(7-13(14,15)16)12(19)10-6-11(17)9(3)5-8(10)2/h5-6H,4,7,17H2,1-3H3. The van der Waals surface area contributed by atoms with E-state index in [1.54, 1.807) is 19.9 Å². The fourth-order valence-electron chi connectivity index (χ4n) is 1.81. The zero-order valence-corrected chi connectivity index (χ0v) is 11.1. The summed E-state index contributed by atoms with van der Waals surface area (Å²) in [5, 5.41) is 0. The van der Waals surface area contributed by atoms with Crippen molar-refractivity contribution >= 4 is 11.6 Å². The van der Waals surface area contributed by atoms with Gasteiger partial charge in [0.25, 0.3) is 5.91 Å². The number of anilines is 1. The summed E-state index contributed by atoms with van der Waals surface area (Å²) in [6.45, 7) is 3.71. The Morgan fingerprint density at radius 1 is 1.26 bits per heavy atom. The number of halogens is 3. The molecule has 0 saturated carbocycles. The van der Waals surface area contributed by atoms with Gasteiger partial charge in [-0.25, -0.2) is 0 Å². The molecule has 0 aliphatic carbocycles. The van der Waals surface area contributed by atoms with Crippen LogP contribution in [0.2, 0.25) is 0 Å². The molecule has 1 aromatic rings. The summed E-state index contributed by atoms with van der Waals surface area (Å²) in [6.07, 6.45) is -4.41. The van der Waals surface area contributed by atoms with E-state index in [0.29, 0.717) is 11.3 Å². The van der Waals surface area contributed by atoms with Crippen LogP contribution in [0.5, 0.6) is 0 Å². The molecule has 0 aliphatic heterocycles. The summed E-state index contributed by atoms with van der Waals surface area (Å²) >= 11 is 0. The highest BCUT2D eigenvalue weighted by molar-refractivity contribution is 5.96. The first-order valence-electron chi connectivity index (χ1n) is 5.88. The lowest BCUT2D eigenvalue weighted by Gasteiger charge is -2.23. The number of hydrogen-bond donors (Lipinski definition) is 1. The first-order chi connectivity index (χ1) is 8.65. The molecular weight excluding hydrogens is 257 g/mol. The Balaban J connectivity index is 3.08. The van der Waals surface area contributed by atoms with Crippen LogP contribution in [0.4, 0.5) is 18.9 Å². The molecule has 0 saturated heterocycles. The summed E-state index contributed by atoms with van der Waals surface area (Å²) < 4.78 is 37.2. The van der Waals surface area contributed by atoms with E-state index < -0.39 is 18.6 Å². The van der Waals surface area contributed by atoms with Gasteiger partial charge in [0, 0.05) is 17.8 Å². The van der Waals surface area contributed by atoms with E-state index in [9.17, 15) is 18.0 Å². The molecule has 0 heterocycles. The molecule has 0 bridgehead atoms. The average molecular weight is 274 g/mol. The van der Waals surface area contributed by atoms with E-state index in [1.165, 1.54) is 13.0 Å². The van der Waals surface area contributed by atoms with Crippen LogP contribution in [-0.4, -0.2) is 30.1 Å². The van der Waals surface area contributed by atoms with Crippen LogP contribution in [0.25, 0.3) is 0 Å². The minimum absolute atomic E-state index is 0.00837. The van der Waals surface area contributed by atoms with Crippen LogP contribution in [-0.2, 0) is 0 Å². The van der Waals surface area contributed by atoms with Gasteiger partial charge >= 0.3 is 6.18 Å². The molecule has 0 atom stereocenters. The maximum atomic E-state index is 12.4. The van der Waals surface area contributed by atoms with Crippen molar-refractivity contribution in [2.45, 2.75) is 26.9 Å². The number of rotatable bonds is 3. The van der Waals surface area contributed by atoms with Gasteiger partial charge < -0.3 is 10.6 Å². The molecule has 0 aliphatic rings.